The van der Waals surface area contributed by atoms with Gasteiger partial charge in [0.1, 0.15) is 6.04 Å². The number of hydrogen-bond donors (Lipinski definition) is 1. The van der Waals surface area contributed by atoms with Gasteiger partial charge in [0.25, 0.3) is 0 Å². The van der Waals surface area contributed by atoms with Crippen molar-refractivity contribution in [3.63, 3.8) is 0 Å². The zero-order chi connectivity index (χ0) is 26.8. The van der Waals surface area contributed by atoms with E-state index in [1.807, 2.05) is 54.6 Å². The maximum absolute atomic E-state index is 13.5. The molecule has 1 unspecified atom stereocenters. The molecule has 3 rings (SSSR count). The first-order chi connectivity index (χ1) is 17.7. The number of halogens is 1. The van der Waals surface area contributed by atoms with Gasteiger partial charge in [-0.3, -0.25) is 9.59 Å². The lowest BCUT2D eigenvalue weighted by Crippen LogP contribution is -2.49. The lowest BCUT2D eigenvalue weighted by atomic mass is 10.0. The van der Waals surface area contributed by atoms with Crippen molar-refractivity contribution in [1.29, 1.82) is 0 Å². The van der Waals surface area contributed by atoms with Gasteiger partial charge in [-0.25, -0.2) is 12.7 Å². The number of nitrogens with zero attached hydrogens (tertiary/aromatic N) is 2. The average Bonchev–Trinajstić information content (AvgIpc) is 2.92. The molecule has 0 aromatic heterocycles. The van der Waals surface area contributed by atoms with Crippen LogP contribution in [0.25, 0.3) is 0 Å². The van der Waals surface area contributed by atoms with Gasteiger partial charge in [-0.05, 0) is 41.8 Å². The molecule has 1 N–H and O–H groups in total. The van der Waals surface area contributed by atoms with Crippen molar-refractivity contribution in [2.45, 2.75) is 36.7 Å². The summed E-state index contributed by atoms with van der Waals surface area (Å²) in [6, 6.07) is 24.7. The Bertz CT molecular complexity index is 1270. The van der Waals surface area contributed by atoms with E-state index in [9.17, 15) is 18.0 Å². The van der Waals surface area contributed by atoms with Crippen LogP contribution in [-0.2, 0) is 32.6 Å². The van der Waals surface area contributed by atoms with Crippen LogP contribution in [0.3, 0.4) is 0 Å². The van der Waals surface area contributed by atoms with E-state index in [0.29, 0.717) is 12.8 Å². The molecule has 0 aliphatic heterocycles. The molecule has 2 amide bonds. The molecule has 0 aliphatic carbocycles. The number of carbonyl (C=O) groups excluding carboxylic acids is 2. The van der Waals surface area contributed by atoms with Crippen LogP contribution in [-0.4, -0.2) is 56.1 Å². The number of amides is 2. The summed E-state index contributed by atoms with van der Waals surface area (Å²) < 4.78 is 27.8. The SMILES string of the molecule is CNC(=O)C(Cc1ccccc1)N(Cc1ccc(Br)cc1)C(=O)CCCN(C)S(=O)(=O)c1ccccc1. The number of rotatable bonds is 12. The molecule has 0 fully saturated rings. The van der Waals surface area contributed by atoms with Crippen LogP contribution in [0.1, 0.15) is 24.0 Å². The van der Waals surface area contributed by atoms with E-state index in [0.717, 1.165) is 15.6 Å². The van der Waals surface area contributed by atoms with Crippen molar-refractivity contribution in [3.05, 3.63) is 101 Å². The Morgan fingerprint density at radius 3 is 2.08 bits per heavy atom. The van der Waals surface area contributed by atoms with Crippen LogP contribution in [0.4, 0.5) is 0 Å². The first-order valence-corrected chi connectivity index (χ1v) is 14.3. The molecule has 0 heterocycles. The van der Waals surface area contributed by atoms with Gasteiger partial charge in [-0.15, -0.1) is 0 Å². The van der Waals surface area contributed by atoms with E-state index >= 15 is 0 Å². The fraction of sp³-hybridized carbons (Fsp3) is 0.286. The number of carbonyl (C=O) groups is 2. The Balaban J connectivity index is 1.77. The van der Waals surface area contributed by atoms with Gasteiger partial charge < -0.3 is 10.2 Å². The maximum atomic E-state index is 13.5. The van der Waals surface area contributed by atoms with Crippen LogP contribution in [0.15, 0.2) is 94.3 Å². The molecule has 9 heteroatoms. The Morgan fingerprint density at radius 2 is 1.49 bits per heavy atom. The minimum absolute atomic E-state index is 0.105. The number of nitrogens with one attached hydrogen (secondary N) is 1. The van der Waals surface area contributed by atoms with E-state index in [-0.39, 0.29) is 36.2 Å². The summed E-state index contributed by atoms with van der Waals surface area (Å²) in [4.78, 5) is 28.3. The largest absolute Gasteiger partial charge is 0.357 e. The van der Waals surface area contributed by atoms with E-state index < -0.39 is 16.1 Å². The summed E-state index contributed by atoms with van der Waals surface area (Å²) in [5.41, 5.74) is 1.83. The highest BCUT2D eigenvalue weighted by atomic mass is 79.9. The lowest BCUT2D eigenvalue weighted by molar-refractivity contribution is -0.141. The molecule has 0 saturated carbocycles. The third-order valence-corrected chi connectivity index (χ3v) is 8.50. The molecule has 3 aromatic carbocycles. The van der Waals surface area contributed by atoms with Gasteiger partial charge in [-0.2, -0.15) is 0 Å². The lowest BCUT2D eigenvalue weighted by Gasteiger charge is -2.31. The van der Waals surface area contributed by atoms with Crippen molar-refractivity contribution < 1.29 is 18.0 Å². The highest BCUT2D eigenvalue weighted by molar-refractivity contribution is 9.10. The molecule has 0 aliphatic rings. The summed E-state index contributed by atoms with van der Waals surface area (Å²) in [5, 5.41) is 2.70. The molecule has 37 heavy (non-hydrogen) atoms. The molecular weight excluding hydrogens is 554 g/mol. The van der Waals surface area contributed by atoms with Crippen LogP contribution in [0.5, 0.6) is 0 Å². The highest BCUT2D eigenvalue weighted by Gasteiger charge is 2.30. The Morgan fingerprint density at radius 1 is 0.892 bits per heavy atom. The second-order valence-electron chi connectivity index (χ2n) is 8.71. The van der Waals surface area contributed by atoms with E-state index in [1.54, 1.807) is 42.3 Å². The van der Waals surface area contributed by atoms with Gasteiger partial charge in [-0.1, -0.05) is 76.6 Å². The summed E-state index contributed by atoms with van der Waals surface area (Å²) in [5.74, 6) is -0.462. The average molecular weight is 587 g/mol. The monoisotopic (exact) mass is 585 g/mol. The second kappa shape index (κ2) is 13.5. The van der Waals surface area contributed by atoms with Crippen LogP contribution < -0.4 is 5.32 Å². The minimum atomic E-state index is -3.64. The predicted octanol–water partition coefficient (Wildman–Crippen LogP) is 4.24. The van der Waals surface area contributed by atoms with Gasteiger partial charge in [0, 0.05) is 44.5 Å². The normalized spacial score (nSPS) is 12.2. The number of likely N-dealkylation sites (N-methyl/N-ethyl adjacent to an activating group) is 1. The summed E-state index contributed by atoms with van der Waals surface area (Å²) in [6.45, 7) is 0.438. The molecule has 196 valence electrons. The van der Waals surface area contributed by atoms with Crippen LogP contribution >= 0.6 is 15.9 Å². The van der Waals surface area contributed by atoms with Crippen molar-refractivity contribution in [1.82, 2.24) is 14.5 Å². The van der Waals surface area contributed by atoms with Crippen LogP contribution in [0.2, 0.25) is 0 Å². The molecule has 0 saturated heterocycles. The van der Waals surface area contributed by atoms with Crippen LogP contribution in [0, 0.1) is 0 Å². The zero-order valence-corrected chi connectivity index (χ0v) is 23.4. The Hall–Kier alpha value is -3.01. The van der Waals surface area contributed by atoms with E-state index in [2.05, 4.69) is 21.2 Å². The molecule has 7 nitrogen and oxygen atoms in total. The molecular formula is C28H32BrN3O4S. The number of benzene rings is 3. The highest BCUT2D eigenvalue weighted by Crippen LogP contribution is 2.19. The van der Waals surface area contributed by atoms with Gasteiger partial charge in [0.2, 0.25) is 21.8 Å². The number of hydrogen-bond acceptors (Lipinski definition) is 4. The third kappa shape index (κ3) is 7.99. The Labute approximate surface area is 227 Å². The summed E-state index contributed by atoms with van der Waals surface area (Å²) in [7, 11) is -0.574. The van der Waals surface area contributed by atoms with E-state index in [4.69, 9.17) is 0 Å². The van der Waals surface area contributed by atoms with Gasteiger partial charge in [0.15, 0.2) is 0 Å². The zero-order valence-electron chi connectivity index (χ0n) is 21.0. The molecule has 1 atom stereocenters. The molecule has 3 aromatic rings. The smallest absolute Gasteiger partial charge is 0.242 e. The predicted molar refractivity (Wildman–Crippen MR) is 148 cm³/mol. The fourth-order valence-electron chi connectivity index (χ4n) is 4.00. The Kier molecular flexibility index (Phi) is 10.4. The van der Waals surface area contributed by atoms with Crippen molar-refractivity contribution >= 4 is 37.8 Å². The molecule has 0 bridgehead atoms. The fourth-order valence-corrected chi connectivity index (χ4v) is 5.49. The topological polar surface area (TPSA) is 86.8 Å². The number of sulfonamides is 1. The first kappa shape index (κ1) is 28.6. The summed E-state index contributed by atoms with van der Waals surface area (Å²) in [6.07, 6.45) is 0.794. The van der Waals surface area contributed by atoms with Crippen molar-refractivity contribution in [3.8, 4) is 0 Å². The quantitative estimate of drug-likeness (QED) is 0.344. The third-order valence-electron chi connectivity index (χ3n) is 6.10. The first-order valence-electron chi connectivity index (χ1n) is 12.0. The standard InChI is InChI=1S/C28H32BrN3O4S/c1-30-28(34)26(20-22-10-5-3-6-11-22)32(21-23-15-17-24(29)18-16-23)27(33)14-9-19-31(2)37(35,36)25-12-7-4-8-13-25/h3-8,10-13,15-18,26H,9,14,19-21H2,1-2H3,(H,30,34). The van der Waals surface area contributed by atoms with E-state index in [1.165, 1.54) is 11.4 Å². The molecule has 0 spiro atoms. The van der Waals surface area contributed by atoms with Crippen molar-refractivity contribution in [2.75, 3.05) is 20.6 Å². The minimum Gasteiger partial charge on any atom is -0.357 e. The second-order valence-corrected chi connectivity index (χ2v) is 11.7. The van der Waals surface area contributed by atoms with Gasteiger partial charge in [0.05, 0.1) is 4.90 Å². The van der Waals surface area contributed by atoms with Gasteiger partial charge >= 0.3 is 0 Å². The molecule has 0 radical (unpaired) electrons. The maximum Gasteiger partial charge on any atom is 0.242 e. The van der Waals surface area contributed by atoms with Crippen molar-refractivity contribution in [2.24, 2.45) is 0 Å². The summed E-state index contributed by atoms with van der Waals surface area (Å²) >= 11 is 3.43.